The van der Waals surface area contributed by atoms with Crippen LogP contribution in [0.4, 0.5) is 0 Å². The van der Waals surface area contributed by atoms with Crippen LogP contribution in [0.2, 0.25) is 0 Å². The third kappa shape index (κ3) is 4.90. The van der Waals surface area contributed by atoms with E-state index in [-0.39, 0.29) is 0 Å². The Balaban J connectivity index is 3.79. The molecule has 0 heteroatoms. The van der Waals surface area contributed by atoms with E-state index in [2.05, 4.69) is 18.9 Å². The van der Waals surface area contributed by atoms with Gasteiger partial charge in [-0.15, -0.1) is 6.42 Å². The van der Waals surface area contributed by atoms with Gasteiger partial charge in [-0.25, -0.2) is 0 Å². The van der Waals surface area contributed by atoms with Crippen LogP contribution in [0.25, 0.3) is 0 Å². The zero-order valence-corrected chi connectivity index (χ0v) is 6.02. The Hall–Kier alpha value is -0.960. The molecule has 0 nitrogen and oxygen atoms in total. The molecule has 0 N–H and O–H groups in total. The molecule has 0 aliphatic heterocycles. The molecule has 0 atom stereocenters. The number of hydrogen-bond donors (Lipinski definition) is 0. The molecule has 0 aromatic carbocycles. The molecule has 0 fully saturated rings. The molecule has 0 aromatic rings. The van der Waals surface area contributed by atoms with Crippen LogP contribution in [-0.4, -0.2) is 0 Å². The Bertz CT molecular complexity index is 153. The first-order chi connectivity index (χ1) is 4.31. The molecule has 0 saturated carbocycles. The van der Waals surface area contributed by atoms with Gasteiger partial charge < -0.3 is 0 Å². The van der Waals surface area contributed by atoms with E-state index >= 15 is 0 Å². The van der Waals surface area contributed by atoms with Gasteiger partial charge in [0.1, 0.15) is 0 Å². The van der Waals surface area contributed by atoms with Crippen molar-refractivity contribution >= 4 is 0 Å². The number of rotatable bonds is 2. The van der Waals surface area contributed by atoms with Crippen molar-refractivity contribution < 1.29 is 0 Å². The van der Waals surface area contributed by atoms with Crippen molar-refractivity contribution in [3.63, 3.8) is 0 Å². The van der Waals surface area contributed by atoms with Gasteiger partial charge in [0.25, 0.3) is 0 Å². The maximum absolute atomic E-state index is 5.04. The summed E-state index contributed by atoms with van der Waals surface area (Å²) < 4.78 is 0. The van der Waals surface area contributed by atoms with Gasteiger partial charge in [0.05, 0.1) is 0 Å². The average Bonchev–Trinajstić information content (AvgIpc) is 1.85. The summed E-state index contributed by atoms with van der Waals surface area (Å²) in [6.45, 7) is 4.09. The van der Waals surface area contributed by atoms with E-state index in [0.717, 1.165) is 12.0 Å². The first-order valence-electron chi connectivity index (χ1n) is 3.10. The standard InChI is InChI=1S/C9H12/c1-4-6-8-9(3)7-5-2/h2,6-8H,4H2,1,3H3/b8-6-,9-7-. The molecule has 0 aromatic heterocycles. The smallest absolute Gasteiger partial charge is 0.00924 e. The van der Waals surface area contributed by atoms with E-state index in [1.165, 1.54) is 0 Å². The fourth-order valence-corrected chi connectivity index (χ4v) is 0.483. The fraction of sp³-hybridized carbons (Fsp3) is 0.333. The lowest BCUT2D eigenvalue weighted by atomic mass is 10.2. The van der Waals surface area contributed by atoms with Gasteiger partial charge in [-0.05, 0) is 25.0 Å². The third-order valence-electron chi connectivity index (χ3n) is 0.927. The van der Waals surface area contributed by atoms with Gasteiger partial charge >= 0.3 is 0 Å². The summed E-state index contributed by atoms with van der Waals surface area (Å²) in [7, 11) is 0. The Morgan fingerprint density at radius 3 is 2.78 bits per heavy atom. The highest BCUT2D eigenvalue weighted by molar-refractivity contribution is 5.24. The molecule has 9 heavy (non-hydrogen) atoms. The van der Waals surface area contributed by atoms with Crippen LogP contribution in [0.3, 0.4) is 0 Å². The molecule has 0 saturated heterocycles. The lowest BCUT2D eigenvalue weighted by molar-refractivity contribution is 1.22. The molecule has 0 heterocycles. The molecular weight excluding hydrogens is 108 g/mol. The number of terminal acetylenes is 1. The number of allylic oxidation sites excluding steroid dienone is 4. The van der Waals surface area contributed by atoms with E-state index in [4.69, 9.17) is 6.42 Å². The number of hydrogen-bond acceptors (Lipinski definition) is 0. The zero-order valence-electron chi connectivity index (χ0n) is 6.02. The Kier molecular flexibility index (Phi) is 4.63. The normalized spacial score (nSPS) is 11.9. The molecule has 0 aliphatic carbocycles. The third-order valence-corrected chi connectivity index (χ3v) is 0.927. The maximum atomic E-state index is 5.04. The van der Waals surface area contributed by atoms with Crippen molar-refractivity contribution in [2.45, 2.75) is 20.3 Å². The fourth-order valence-electron chi connectivity index (χ4n) is 0.483. The average molecular weight is 120 g/mol. The van der Waals surface area contributed by atoms with Crippen LogP contribution < -0.4 is 0 Å². The van der Waals surface area contributed by atoms with Gasteiger partial charge in [0, 0.05) is 0 Å². The van der Waals surface area contributed by atoms with Crippen molar-refractivity contribution in [1.29, 1.82) is 0 Å². The van der Waals surface area contributed by atoms with Crippen molar-refractivity contribution in [3.05, 3.63) is 23.8 Å². The van der Waals surface area contributed by atoms with Gasteiger partial charge in [-0.3, -0.25) is 0 Å². The summed E-state index contributed by atoms with van der Waals surface area (Å²) in [6, 6.07) is 0. The predicted molar refractivity (Wildman–Crippen MR) is 42.0 cm³/mol. The van der Waals surface area contributed by atoms with Gasteiger partial charge in [-0.2, -0.15) is 0 Å². The molecule has 0 amide bonds. The molecule has 0 rings (SSSR count). The first-order valence-corrected chi connectivity index (χ1v) is 3.10. The largest absolute Gasteiger partial charge is 0.115 e. The summed E-state index contributed by atoms with van der Waals surface area (Å²) in [5.74, 6) is 2.46. The van der Waals surface area contributed by atoms with Gasteiger partial charge in [0.15, 0.2) is 0 Å². The van der Waals surface area contributed by atoms with Crippen molar-refractivity contribution in [3.8, 4) is 12.3 Å². The SMILES string of the molecule is C#C/C=C(C)\C=C/CC. The second kappa shape index (κ2) is 5.18. The van der Waals surface area contributed by atoms with E-state index < -0.39 is 0 Å². The molecule has 0 aliphatic rings. The summed E-state index contributed by atoms with van der Waals surface area (Å²) in [5.41, 5.74) is 1.14. The second-order valence-corrected chi connectivity index (χ2v) is 1.87. The van der Waals surface area contributed by atoms with E-state index in [1.807, 2.05) is 13.0 Å². The van der Waals surface area contributed by atoms with Crippen LogP contribution in [0, 0.1) is 12.3 Å². The van der Waals surface area contributed by atoms with Crippen LogP contribution in [0.1, 0.15) is 20.3 Å². The minimum Gasteiger partial charge on any atom is -0.115 e. The molecule has 0 radical (unpaired) electrons. The van der Waals surface area contributed by atoms with E-state index in [0.29, 0.717) is 0 Å². The van der Waals surface area contributed by atoms with Crippen LogP contribution >= 0.6 is 0 Å². The topological polar surface area (TPSA) is 0 Å². The minimum atomic E-state index is 1.07. The quantitative estimate of drug-likeness (QED) is 0.388. The summed E-state index contributed by atoms with van der Waals surface area (Å²) in [5, 5.41) is 0. The van der Waals surface area contributed by atoms with Gasteiger partial charge in [0.2, 0.25) is 0 Å². The zero-order chi connectivity index (χ0) is 7.11. The highest BCUT2D eigenvalue weighted by Gasteiger charge is 1.74. The monoisotopic (exact) mass is 120 g/mol. The maximum Gasteiger partial charge on any atom is -0.00924 e. The van der Waals surface area contributed by atoms with Crippen molar-refractivity contribution in [2.24, 2.45) is 0 Å². The minimum absolute atomic E-state index is 1.07. The highest BCUT2D eigenvalue weighted by atomic mass is 13.8. The van der Waals surface area contributed by atoms with E-state index in [1.54, 1.807) is 6.08 Å². The summed E-state index contributed by atoms with van der Waals surface area (Å²) >= 11 is 0. The van der Waals surface area contributed by atoms with Crippen LogP contribution in [0.15, 0.2) is 23.8 Å². The second-order valence-electron chi connectivity index (χ2n) is 1.87. The first kappa shape index (κ1) is 8.04. The lowest BCUT2D eigenvalue weighted by Crippen LogP contribution is -1.64. The predicted octanol–water partition coefficient (Wildman–Crippen LogP) is 2.53. The molecular formula is C9H12. The summed E-state index contributed by atoms with van der Waals surface area (Å²) in [4.78, 5) is 0. The van der Waals surface area contributed by atoms with E-state index in [9.17, 15) is 0 Å². The summed E-state index contributed by atoms with van der Waals surface area (Å²) in [6.07, 6.45) is 12.0. The van der Waals surface area contributed by atoms with Crippen molar-refractivity contribution in [2.75, 3.05) is 0 Å². The molecule has 0 bridgehead atoms. The van der Waals surface area contributed by atoms with Crippen molar-refractivity contribution in [1.82, 2.24) is 0 Å². The molecule has 48 valence electrons. The highest BCUT2D eigenvalue weighted by Crippen LogP contribution is 1.93. The molecule has 0 unspecified atom stereocenters. The lowest BCUT2D eigenvalue weighted by Gasteiger charge is -1.83. The Morgan fingerprint density at radius 1 is 1.67 bits per heavy atom. The van der Waals surface area contributed by atoms with Crippen LogP contribution in [-0.2, 0) is 0 Å². The van der Waals surface area contributed by atoms with Crippen LogP contribution in [0.5, 0.6) is 0 Å². The van der Waals surface area contributed by atoms with Gasteiger partial charge in [-0.1, -0.05) is 25.0 Å². The Morgan fingerprint density at radius 2 is 2.33 bits per heavy atom. The molecule has 0 spiro atoms. The Labute approximate surface area is 57.3 Å².